The molecule has 2 heterocycles. The molecule has 0 saturated heterocycles. The van der Waals surface area contributed by atoms with Gasteiger partial charge in [0.05, 0.1) is 19.4 Å². The number of aromatic amines is 1. The number of carbonyl (C=O) groups excluding carboxylic acids is 14. The molecular weight excluding hydrogens is 1510 g/mol. The first-order chi connectivity index (χ1) is 54.5. The lowest BCUT2D eigenvalue weighted by atomic mass is 9.90. The number of H-pyrrole nitrogens is 1. The smallest absolute Gasteiger partial charge is 0.305 e. The molecule has 116 heavy (non-hydrogen) atoms. The van der Waals surface area contributed by atoms with Crippen LogP contribution in [0.1, 0.15) is 217 Å². The molecule has 0 fully saturated rings. The Morgan fingerprint density at radius 3 is 1.58 bits per heavy atom. The van der Waals surface area contributed by atoms with Crippen LogP contribution in [0, 0.1) is 23.7 Å². The van der Waals surface area contributed by atoms with Crippen LogP contribution in [0.15, 0.2) is 29.7 Å². The SMILES string of the molecule is CC[C@H](C)[C@H](NC(=O)[C@H](CCCCN)NC(=O)[C@H](Cc1cnc[nH]1)NC(=O)[C@H](CCCCN)NC(=O)[C@H](CCC(=O)O)NC(C)=O)C(=O)N[C@@H](CC(C)C)C(=O)N[C@@]1(C)CCC/C=C/CCC[C@@](C)(C(=O)N[C@@H](CC(=O)O)C(=O)N[C@@H](CO)C(N)=O)NC(=O)[C@H](CC(C)C)NC(=O)[C@H](CC(C)C)NC(=O)[C@H](CCCN=C(N)N)NC1=O. The molecule has 654 valence electrons. The molecule has 1 aromatic rings. The monoisotopic (exact) mass is 1640 g/mol. The van der Waals surface area contributed by atoms with Crippen molar-refractivity contribution >= 4 is 101 Å². The number of nitrogens with two attached hydrogens (primary N) is 5. The highest BCUT2D eigenvalue weighted by Gasteiger charge is 2.44. The van der Waals surface area contributed by atoms with Gasteiger partial charge in [-0.2, -0.15) is 0 Å². The predicted octanol–water partition coefficient (Wildman–Crippen LogP) is -2.72. The number of imidazole rings is 1. The molecule has 27 N–H and O–H groups in total. The van der Waals surface area contributed by atoms with E-state index < -0.39 is 198 Å². The third-order valence-corrected chi connectivity index (χ3v) is 19.4. The fourth-order valence-electron chi connectivity index (χ4n) is 12.7. The Morgan fingerprint density at radius 2 is 1.09 bits per heavy atom. The quantitative estimate of drug-likeness (QED) is 0.0136. The summed E-state index contributed by atoms with van der Waals surface area (Å²) in [6.07, 6.45) is 6.19. The van der Waals surface area contributed by atoms with Crippen LogP contribution in [-0.4, -0.2) is 230 Å². The van der Waals surface area contributed by atoms with Crippen LogP contribution in [0.2, 0.25) is 0 Å². The fourth-order valence-corrected chi connectivity index (χ4v) is 12.7. The maximum Gasteiger partial charge on any atom is 0.305 e. The van der Waals surface area contributed by atoms with Gasteiger partial charge in [0.15, 0.2) is 5.96 Å². The second-order valence-corrected chi connectivity index (χ2v) is 31.3. The van der Waals surface area contributed by atoms with E-state index >= 15 is 14.4 Å². The van der Waals surface area contributed by atoms with Crippen LogP contribution in [0.25, 0.3) is 0 Å². The van der Waals surface area contributed by atoms with E-state index in [0.29, 0.717) is 25.0 Å². The van der Waals surface area contributed by atoms with E-state index in [1.54, 1.807) is 67.5 Å². The number of carbonyl (C=O) groups is 16. The van der Waals surface area contributed by atoms with Gasteiger partial charge >= 0.3 is 11.9 Å². The van der Waals surface area contributed by atoms with Gasteiger partial charge in [0.25, 0.3) is 0 Å². The van der Waals surface area contributed by atoms with Gasteiger partial charge in [0.1, 0.15) is 77.5 Å². The minimum Gasteiger partial charge on any atom is -0.481 e. The number of hydrogen-bond acceptors (Lipinski definition) is 21. The summed E-state index contributed by atoms with van der Waals surface area (Å²) in [6, 6.07) is -16.2. The zero-order valence-corrected chi connectivity index (χ0v) is 69.0. The van der Waals surface area contributed by atoms with Crippen LogP contribution in [-0.2, 0) is 83.1 Å². The Kier molecular flexibility index (Phi) is 45.8. The lowest BCUT2D eigenvalue weighted by molar-refractivity contribution is -0.142. The normalized spacial score (nSPS) is 20.5. The number of carboxylic acid groups (broad SMARTS) is 2. The van der Waals surface area contributed by atoms with Gasteiger partial charge in [-0.05, 0) is 166 Å². The zero-order valence-electron chi connectivity index (χ0n) is 69.0. The fraction of sp³-hybridized carbons (Fsp3) is 0.711. The van der Waals surface area contributed by atoms with Gasteiger partial charge in [-0.3, -0.25) is 81.7 Å². The Labute approximate surface area is 678 Å². The number of aromatic nitrogens is 2. The molecular formula is C76H131N21O19. The standard InChI is InChI=1S/C76H131N21O19/c1-12-45(8)60(95-65(108)49(25-18-22-32-78)87-67(110)55(37-47-39-82-41-84-47)90-62(105)48(24-17-21-31-77)86-64(107)51(85-46(9)99)27-28-58(100)101)71(114)91-54(36-44(6)7)70(113)97-75(10)29-19-15-13-14-16-20-30-76(11,73(116)94-56(38-59(102)103)68(111)92-57(40-98)61(79)104)96-69(112)53(35-43(4)5)89-66(109)52(34-42(2)3)88-63(106)50(93-72(75)115)26-23-33-83-74(80)81/h13-14,39,41-45,48-57,60,98H,12,15-38,40,77-78H2,1-11H3,(H2,79,104)(H,82,84)(H,85,99)(H,86,107)(H,87,110)(H,88,106)(H,89,109)(H,90,105)(H,91,114)(H,92,111)(H,93,115)(H,94,116)(H,95,108)(H,96,112)(H,97,113)(H,100,101)(H,102,103)(H4,80,81,83)/b14-13+/t45-,48-,49-,50-,51-,52-,53-,54-,55-,56-,57-,60-,75-,76-/m0/s1. The van der Waals surface area contributed by atoms with E-state index in [2.05, 4.69) is 84.1 Å². The molecule has 1 aliphatic heterocycles. The number of hydrogen-bond donors (Lipinski definition) is 22. The number of carboxylic acids is 2. The number of aliphatic hydroxyl groups is 1. The summed E-state index contributed by atoms with van der Waals surface area (Å²) in [6.45, 7) is 17.4. The summed E-state index contributed by atoms with van der Waals surface area (Å²) in [5, 5.41) is 63.4. The van der Waals surface area contributed by atoms with Crippen LogP contribution in [0.3, 0.4) is 0 Å². The van der Waals surface area contributed by atoms with Gasteiger partial charge in [-0.25, -0.2) is 4.98 Å². The molecule has 0 aromatic carbocycles. The van der Waals surface area contributed by atoms with Gasteiger partial charge in [-0.1, -0.05) is 74.0 Å². The van der Waals surface area contributed by atoms with Gasteiger partial charge in [0.2, 0.25) is 82.7 Å². The number of guanidine groups is 1. The first-order valence-corrected chi connectivity index (χ1v) is 39.9. The number of allylic oxidation sites excluding steroid dienone is 2. The zero-order chi connectivity index (χ0) is 87.6. The third-order valence-electron chi connectivity index (χ3n) is 19.4. The molecule has 0 radical (unpaired) electrons. The average Bonchev–Trinajstić information content (AvgIpc) is 1.06. The molecule has 1 aliphatic rings. The lowest BCUT2D eigenvalue weighted by Crippen LogP contribution is -2.65. The topological polar surface area (TPSA) is 661 Å². The summed E-state index contributed by atoms with van der Waals surface area (Å²) < 4.78 is 0. The van der Waals surface area contributed by atoms with Crippen LogP contribution < -0.4 is 97.8 Å². The summed E-state index contributed by atoms with van der Waals surface area (Å²) in [4.78, 5) is 234. The number of unbranched alkanes of at least 4 members (excludes halogenated alkanes) is 2. The summed E-state index contributed by atoms with van der Waals surface area (Å²) in [5.41, 5.74) is 24.8. The average molecular weight is 1640 g/mol. The van der Waals surface area contributed by atoms with Gasteiger partial charge < -0.3 is 118 Å². The van der Waals surface area contributed by atoms with Crippen molar-refractivity contribution in [1.29, 1.82) is 0 Å². The number of nitrogens with zero attached hydrogens (tertiary/aromatic N) is 2. The van der Waals surface area contributed by atoms with Gasteiger partial charge in [-0.15, -0.1) is 0 Å². The van der Waals surface area contributed by atoms with Crippen molar-refractivity contribution in [2.45, 2.75) is 295 Å². The molecule has 14 atom stereocenters. The Balaban J connectivity index is 2.82. The number of nitrogens with one attached hydrogen (secondary N) is 14. The van der Waals surface area contributed by atoms with Crippen molar-refractivity contribution in [2.24, 2.45) is 57.3 Å². The van der Waals surface area contributed by atoms with E-state index in [0.717, 1.165) is 6.92 Å². The van der Waals surface area contributed by atoms with Crippen LogP contribution >= 0.6 is 0 Å². The number of aliphatic hydroxyl groups excluding tert-OH is 1. The first kappa shape index (κ1) is 102. The van der Waals surface area contributed by atoms with Crippen molar-refractivity contribution in [3.8, 4) is 0 Å². The lowest BCUT2D eigenvalue weighted by Gasteiger charge is -2.34. The molecule has 14 amide bonds. The molecule has 40 nitrogen and oxygen atoms in total. The number of amides is 14. The highest BCUT2D eigenvalue weighted by atomic mass is 16.4. The first-order valence-electron chi connectivity index (χ1n) is 39.9. The number of primary amides is 1. The van der Waals surface area contributed by atoms with E-state index in [1.807, 2.05) is 0 Å². The van der Waals surface area contributed by atoms with E-state index in [9.17, 15) is 77.6 Å². The molecule has 0 bridgehead atoms. The maximum absolute atomic E-state index is 15.3. The second-order valence-electron chi connectivity index (χ2n) is 31.3. The largest absolute Gasteiger partial charge is 0.481 e. The second kappa shape index (κ2) is 52.3. The van der Waals surface area contributed by atoms with Crippen molar-refractivity contribution in [1.82, 2.24) is 79.1 Å². The van der Waals surface area contributed by atoms with E-state index in [-0.39, 0.29) is 153 Å². The molecule has 0 unspecified atom stereocenters. The summed E-state index contributed by atoms with van der Waals surface area (Å²) in [7, 11) is 0. The molecule has 0 spiro atoms. The number of rotatable bonds is 46. The number of aliphatic imine (C=N–C) groups is 1. The van der Waals surface area contributed by atoms with Crippen LogP contribution in [0.5, 0.6) is 0 Å². The van der Waals surface area contributed by atoms with Crippen molar-refractivity contribution < 1.29 is 92.0 Å². The third kappa shape index (κ3) is 37.9. The molecule has 0 saturated carbocycles. The minimum absolute atomic E-state index is 0.00331. The predicted molar refractivity (Wildman–Crippen MR) is 428 cm³/mol. The van der Waals surface area contributed by atoms with Crippen molar-refractivity contribution in [2.75, 3.05) is 26.2 Å². The summed E-state index contributed by atoms with van der Waals surface area (Å²) in [5.74, 6) is -17.2. The molecule has 1 aromatic heterocycles. The Bertz CT molecular complexity index is 3480. The highest BCUT2D eigenvalue weighted by Crippen LogP contribution is 2.23. The maximum atomic E-state index is 15.3. The van der Waals surface area contributed by atoms with Crippen LogP contribution in [0.4, 0.5) is 0 Å². The summed E-state index contributed by atoms with van der Waals surface area (Å²) >= 11 is 0. The highest BCUT2D eigenvalue weighted by molar-refractivity contribution is 6.02. The van der Waals surface area contributed by atoms with E-state index in [4.69, 9.17) is 28.7 Å². The Morgan fingerprint density at radius 1 is 0.578 bits per heavy atom. The van der Waals surface area contributed by atoms with Gasteiger partial charge in [0, 0.05) is 38.2 Å². The molecule has 0 aliphatic carbocycles. The minimum atomic E-state index is -1.95. The number of aliphatic carboxylic acids is 2. The molecule has 2 rings (SSSR count). The molecule has 40 heteroatoms. The van der Waals surface area contributed by atoms with Crippen molar-refractivity contribution in [3.63, 3.8) is 0 Å². The van der Waals surface area contributed by atoms with Crippen molar-refractivity contribution in [3.05, 3.63) is 30.4 Å². The Hall–Kier alpha value is -10.4. The van der Waals surface area contributed by atoms with E-state index in [1.165, 1.54) is 26.4 Å².